The lowest BCUT2D eigenvalue weighted by Crippen LogP contribution is -2.18. The number of carboxylic acid groups (broad SMARTS) is 1. The molecule has 0 unspecified atom stereocenters. The molecule has 4 heteroatoms. The van der Waals surface area contributed by atoms with Gasteiger partial charge in [-0.3, -0.25) is 0 Å². The van der Waals surface area contributed by atoms with Crippen molar-refractivity contribution >= 4 is 11.5 Å². The second-order valence-electron chi connectivity index (χ2n) is 8.24. The third kappa shape index (κ3) is 2.86. The van der Waals surface area contributed by atoms with E-state index in [4.69, 9.17) is 5.11 Å². The first kappa shape index (κ1) is 17.3. The molecule has 0 spiro atoms. The molecule has 3 rings (SSSR count). The maximum atomic E-state index is 11.0. The molecule has 1 aromatic heterocycles. The lowest BCUT2D eigenvalue weighted by molar-refractivity contribution is 0.0696. The lowest BCUT2D eigenvalue weighted by Gasteiger charge is -2.22. The van der Waals surface area contributed by atoms with Crippen LogP contribution in [0.1, 0.15) is 72.6 Å². The van der Waals surface area contributed by atoms with Gasteiger partial charge in [-0.25, -0.2) is 14.8 Å². The van der Waals surface area contributed by atoms with Crippen molar-refractivity contribution in [3.8, 4) is 0 Å². The van der Waals surface area contributed by atoms with E-state index in [1.54, 1.807) is 0 Å². The zero-order valence-electron chi connectivity index (χ0n) is 15.5. The van der Waals surface area contributed by atoms with Gasteiger partial charge in [0.2, 0.25) is 0 Å². The van der Waals surface area contributed by atoms with Crippen LogP contribution in [0.15, 0.2) is 31.1 Å². The molecular weight excluding hydrogens is 312 g/mol. The molecule has 1 aromatic carbocycles. The van der Waals surface area contributed by atoms with Crippen molar-refractivity contribution in [2.75, 3.05) is 0 Å². The number of benzene rings is 1. The molecule has 1 aliphatic carbocycles. The fourth-order valence-corrected chi connectivity index (χ4v) is 4.16. The Morgan fingerprint density at radius 2 is 1.60 bits per heavy atom. The second-order valence-corrected chi connectivity index (χ2v) is 8.24. The van der Waals surface area contributed by atoms with E-state index in [2.05, 4.69) is 63.3 Å². The number of aryl methyl sites for hydroxylation is 1. The van der Waals surface area contributed by atoms with Gasteiger partial charge in [0.1, 0.15) is 0 Å². The highest BCUT2D eigenvalue weighted by molar-refractivity contribution is 5.87. The molecule has 1 heterocycles. The first-order valence-electron chi connectivity index (χ1n) is 8.43. The zero-order chi connectivity index (χ0) is 18.6. The van der Waals surface area contributed by atoms with Crippen molar-refractivity contribution in [3.63, 3.8) is 0 Å². The van der Waals surface area contributed by atoms with Gasteiger partial charge in [-0.1, -0.05) is 40.3 Å². The first-order valence-corrected chi connectivity index (χ1v) is 8.43. The minimum atomic E-state index is -1.03. The van der Waals surface area contributed by atoms with Crippen LogP contribution in [-0.2, 0) is 10.8 Å². The summed E-state index contributed by atoms with van der Waals surface area (Å²) >= 11 is 0. The predicted molar refractivity (Wildman–Crippen MR) is 99.0 cm³/mol. The Kier molecular flexibility index (Phi) is 3.82. The number of hydrogen-bond donors (Lipinski definition) is 1. The average Bonchev–Trinajstić information content (AvgIpc) is 2.70. The van der Waals surface area contributed by atoms with Gasteiger partial charge in [0.15, 0.2) is 5.82 Å². The Labute approximate surface area is 148 Å². The quantitative estimate of drug-likeness (QED) is 0.896. The summed E-state index contributed by atoms with van der Waals surface area (Å²) in [5, 5.41) is 8.99. The lowest BCUT2D eigenvalue weighted by atomic mass is 9.82. The molecule has 25 heavy (non-hydrogen) atoms. The van der Waals surface area contributed by atoms with E-state index < -0.39 is 5.97 Å². The number of fused-ring (bicyclic) bond motifs is 1. The van der Waals surface area contributed by atoms with Crippen molar-refractivity contribution in [2.45, 2.75) is 51.9 Å². The van der Waals surface area contributed by atoms with Gasteiger partial charge in [0.05, 0.1) is 5.56 Å². The van der Waals surface area contributed by atoms with Crippen molar-refractivity contribution < 1.29 is 9.90 Å². The number of nitrogens with zero attached hydrogens (tertiary/aromatic N) is 2. The summed E-state index contributed by atoms with van der Waals surface area (Å²) in [4.78, 5) is 19.3. The second kappa shape index (κ2) is 5.51. The van der Waals surface area contributed by atoms with Crippen LogP contribution in [0.3, 0.4) is 0 Å². The van der Waals surface area contributed by atoms with E-state index in [1.165, 1.54) is 23.5 Å². The van der Waals surface area contributed by atoms with Gasteiger partial charge in [0.25, 0.3) is 0 Å². The minimum absolute atomic E-state index is 0.0742. The fourth-order valence-electron chi connectivity index (χ4n) is 4.16. The van der Waals surface area contributed by atoms with Gasteiger partial charge in [-0.15, -0.1) is 0 Å². The third-order valence-corrected chi connectivity index (χ3v) is 5.20. The molecule has 0 amide bonds. The molecule has 0 fully saturated rings. The maximum absolute atomic E-state index is 11.0. The van der Waals surface area contributed by atoms with E-state index >= 15 is 0 Å². The Balaban J connectivity index is 2.07. The summed E-state index contributed by atoms with van der Waals surface area (Å²) in [5.74, 6) is -0.571. The predicted octanol–water partition coefficient (Wildman–Crippen LogP) is 4.50. The standard InChI is InChI=1S/C21H24N2O2/c1-12-7-16-17(21(5,6)11-20(16,3)4)8-15(12)13(2)18-22-9-14(10-23-18)19(24)25/h7-10H,2,11H2,1,3-6H3,(H,24,25). The third-order valence-electron chi connectivity index (χ3n) is 5.20. The Bertz CT molecular complexity index is 878. The minimum Gasteiger partial charge on any atom is -0.478 e. The molecule has 0 saturated carbocycles. The van der Waals surface area contributed by atoms with Crippen LogP contribution < -0.4 is 0 Å². The molecular formula is C21H24N2O2. The van der Waals surface area contributed by atoms with Crippen LogP contribution in [0.4, 0.5) is 0 Å². The van der Waals surface area contributed by atoms with Gasteiger partial charge in [-0.2, -0.15) is 0 Å². The normalized spacial score (nSPS) is 17.2. The number of rotatable bonds is 3. The monoisotopic (exact) mass is 336 g/mol. The molecule has 0 bridgehead atoms. The van der Waals surface area contributed by atoms with Crippen LogP contribution in [0.25, 0.3) is 5.57 Å². The molecule has 2 aromatic rings. The van der Waals surface area contributed by atoms with Crippen LogP contribution in [-0.4, -0.2) is 21.0 Å². The molecule has 0 aliphatic heterocycles. The van der Waals surface area contributed by atoms with E-state index in [1.807, 2.05) is 0 Å². The number of carboxylic acids is 1. The summed E-state index contributed by atoms with van der Waals surface area (Å²) in [6.07, 6.45) is 3.76. The van der Waals surface area contributed by atoms with Crippen LogP contribution >= 0.6 is 0 Å². The molecule has 130 valence electrons. The number of hydrogen-bond acceptors (Lipinski definition) is 3. The van der Waals surface area contributed by atoms with Crippen molar-refractivity contribution in [3.05, 3.63) is 64.7 Å². The molecule has 0 atom stereocenters. The van der Waals surface area contributed by atoms with E-state index in [-0.39, 0.29) is 16.4 Å². The topological polar surface area (TPSA) is 63.1 Å². The van der Waals surface area contributed by atoms with Crippen LogP contribution in [0.5, 0.6) is 0 Å². The number of aromatic nitrogens is 2. The van der Waals surface area contributed by atoms with Gasteiger partial charge >= 0.3 is 5.97 Å². The van der Waals surface area contributed by atoms with Crippen molar-refractivity contribution in [1.82, 2.24) is 9.97 Å². The molecule has 0 radical (unpaired) electrons. The first-order chi connectivity index (χ1) is 11.5. The fraction of sp³-hybridized carbons (Fsp3) is 0.381. The van der Waals surface area contributed by atoms with E-state index in [0.29, 0.717) is 5.82 Å². The maximum Gasteiger partial charge on any atom is 0.338 e. The SMILES string of the molecule is C=C(c1ncc(C(=O)O)cn1)c1cc2c(cc1C)C(C)(C)CC2(C)C. The smallest absolute Gasteiger partial charge is 0.338 e. The highest BCUT2D eigenvalue weighted by Crippen LogP contribution is 2.50. The Morgan fingerprint density at radius 1 is 1.08 bits per heavy atom. The largest absolute Gasteiger partial charge is 0.478 e. The Hall–Kier alpha value is -2.49. The van der Waals surface area contributed by atoms with Gasteiger partial charge < -0.3 is 5.11 Å². The van der Waals surface area contributed by atoms with Crippen molar-refractivity contribution in [1.29, 1.82) is 0 Å². The summed E-state index contributed by atoms with van der Waals surface area (Å²) in [6, 6.07) is 4.48. The van der Waals surface area contributed by atoms with E-state index in [0.717, 1.165) is 23.1 Å². The summed E-state index contributed by atoms with van der Waals surface area (Å²) < 4.78 is 0. The summed E-state index contributed by atoms with van der Waals surface area (Å²) in [5.41, 5.74) is 5.96. The van der Waals surface area contributed by atoms with E-state index in [9.17, 15) is 4.79 Å². The Morgan fingerprint density at radius 3 is 2.12 bits per heavy atom. The van der Waals surface area contributed by atoms with Crippen LogP contribution in [0, 0.1) is 6.92 Å². The van der Waals surface area contributed by atoms with Gasteiger partial charge in [-0.05, 0) is 52.5 Å². The number of carbonyl (C=O) groups is 1. The molecule has 1 N–H and O–H groups in total. The number of aromatic carboxylic acids is 1. The molecule has 0 saturated heterocycles. The summed E-state index contributed by atoms with van der Waals surface area (Å²) in [6.45, 7) is 15.4. The van der Waals surface area contributed by atoms with Crippen molar-refractivity contribution in [2.24, 2.45) is 0 Å². The van der Waals surface area contributed by atoms with Crippen LogP contribution in [0.2, 0.25) is 0 Å². The highest BCUT2D eigenvalue weighted by atomic mass is 16.4. The summed E-state index contributed by atoms with van der Waals surface area (Å²) in [7, 11) is 0. The molecule has 1 aliphatic rings. The highest BCUT2D eigenvalue weighted by Gasteiger charge is 2.42. The average molecular weight is 336 g/mol. The molecule has 4 nitrogen and oxygen atoms in total. The zero-order valence-corrected chi connectivity index (χ0v) is 15.5. The van der Waals surface area contributed by atoms with Gasteiger partial charge in [0, 0.05) is 18.0 Å².